The maximum atomic E-state index is 11.9. The fraction of sp³-hybridized carbons (Fsp3) is 0.182. The van der Waals surface area contributed by atoms with E-state index >= 15 is 0 Å². The smallest absolute Gasteiger partial charge is 0.276 e. The lowest BCUT2D eigenvalue weighted by molar-refractivity contribution is -0.806. The molecule has 0 aliphatic heterocycles. The molecule has 0 spiro atoms. The van der Waals surface area contributed by atoms with Crippen molar-refractivity contribution in [1.29, 1.82) is 0 Å². The normalized spacial score (nSPS) is 11.9. The molecule has 0 unspecified atom stereocenters. The lowest BCUT2D eigenvalue weighted by atomic mass is 10.2. The van der Waals surface area contributed by atoms with Crippen LogP contribution in [0.5, 0.6) is 0 Å². The highest BCUT2D eigenvalue weighted by atomic mass is 32.2. The van der Waals surface area contributed by atoms with Crippen molar-refractivity contribution in [2.24, 2.45) is 5.10 Å². The van der Waals surface area contributed by atoms with Crippen molar-refractivity contribution in [1.82, 2.24) is 9.99 Å². The summed E-state index contributed by atoms with van der Waals surface area (Å²) in [6.07, 6.45) is 1.10. The van der Waals surface area contributed by atoms with Gasteiger partial charge in [-0.15, -0.1) is 0 Å². The van der Waals surface area contributed by atoms with E-state index in [2.05, 4.69) is 14.9 Å². The van der Waals surface area contributed by atoms with E-state index in [1.54, 1.807) is 12.1 Å². The number of sulfonamides is 1. The van der Waals surface area contributed by atoms with Crippen LogP contribution < -0.4 is 9.73 Å². The molecule has 2 rings (SSSR count). The zero-order valence-electron chi connectivity index (χ0n) is 10.8. The van der Waals surface area contributed by atoms with Gasteiger partial charge in [-0.1, -0.05) is 17.7 Å². The van der Waals surface area contributed by atoms with Gasteiger partial charge in [0.1, 0.15) is 6.21 Å². The predicted molar refractivity (Wildman–Crippen MR) is 69.3 cm³/mol. The molecule has 0 fully saturated rings. The Bertz CT molecular complexity index is 734. The molecule has 0 saturated carbocycles. The molecule has 20 heavy (non-hydrogen) atoms. The lowest BCUT2D eigenvalue weighted by Gasteiger charge is -2.02. The van der Waals surface area contributed by atoms with Crippen molar-refractivity contribution in [3.63, 3.8) is 0 Å². The zero-order valence-corrected chi connectivity index (χ0v) is 11.6. The summed E-state index contributed by atoms with van der Waals surface area (Å²) in [7, 11) is -3.74. The predicted octanol–water partition coefficient (Wildman–Crippen LogP) is 0.237. The monoisotopic (exact) mass is 296 g/mol. The maximum Gasteiger partial charge on any atom is 0.276 e. The molecule has 1 N–H and O–H groups in total. The van der Waals surface area contributed by atoms with E-state index in [0.29, 0.717) is 0 Å². The largest absolute Gasteiger partial charge is 0.359 e. The Morgan fingerprint density at radius 3 is 2.55 bits per heavy atom. The van der Waals surface area contributed by atoms with E-state index in [0.717, 1.165) is 11.8 Å². The molecule has 106 valence electrons. The van der Waals surface area contributed by atoms with Crippen LogP contribution in [0.15, 0.2) is 38.9 Å². The third kappa shape index (κ3) is 2.94. The molecule has 0 saturated heterocycles. The highest BCUT2D eigenvalue weighted by molar-refractivity contribution is 7.89. The third-order valence-electron chi connectivity index (χ3n) is 2.55. The number of hydrazone groups is 1. The highest BCUT2D eigenvalue weighted by Gasteiger charge is 2.14. The molecular weight excluding hydrogens is 284 g/mol. The van der Waals surface area contributed by atoms with Crippen LogP contribution in [-0.2, 0) is 10.0 Å². The summed E-state index contributed by atoms with van der Waals surface area (Å²) >= 11 is 0. The number of rotatable bonds is 4. The molecule has 1 aromatic carbocycles. The summed E-state index contributed by atoms with van der Waals surface area (Å²) in [5.74, 6) is 0. The lowest BCUT2D eigenvalue weighted by Crippen LogP contribution is -2.26. The first-order valence-electron chi connectivity index (χ1n) is 5.58. The summed E-state index contributed by atoms with van der Waals surface area (Å²) in [4.78, 5) is 2.33. The van der Waals surface area contributed by atoms with Crippen LogP contribution >= 0.6 is 0 Å². The first-order valence-corrected chi connectivity index (χ1v) is 7.06. The van der Waals surface area contributed by atoms with Crippen molar-refractivity contribution < 1.29 is 17.9 Å². The van der Waals surface area contributed by atoms with Gasteiger partial charge in [-0.3, -0.25) is 4.63 Å². The van der Waals surface area contributed by atoms with Crippen molar-refractivity contribution in [2.45, 2.75) is 18.7 Å². The van der Waals surface area contributed by atoms with Crippen molar-refractivity contribution in [3.05, 3.63) is 46.4 Å². The Morgan fingerprint density at radius 1 is 1.35 bits per heavy atom. The Kier molecular flexibility index (Phi) is 3.70. The molecule has 0 bridgehead atoms. The molecule has 0 aliphatic carbocycles. The van der Waals surface area contributed by atoms with Crippen molar-refractivity contribution >= 4 is 16.2 Å². The molecule has 9 heteroatoms. The van der Waals surface area contributed by atoms with E-state index in [1.807, 2.05) is 11.8 Å². The van der Waals surface area contributed by atoms with Crippen molar-refractivity contribution in [3.8, 4) is 0 Å². The topological polar surface area (TPSA) is 112 Å². The van der Waals surface area contributed by atoms with Gasteiger partial charge < -0.3 is 5.21 Å². The van der Waals surface area contributed by atoms with E-state index in [4.69, 9.17) is 0 Å². The van der Waals surface area contributed by atoms with Gasteiger partial charge in [-0.25, -0.2) is 0 Å². The van der Waals surface area contributed by atoms with Gasteiger partial charge >= 0.3 is 0 Å². The van der Waals surface area contributed by atoms with Gasteiger partial charge in [0.15, 0.2) is 0 Å². The van der Waals surface area contributed by atoms with Gasteiger partial charge in [0.25, 0.3) is 15.7 Å². The molecule has 1 aromatic heterocycles. The minimum atomic E-state index is -3.74. The van der Waals surface area contributed by atoms with Gasteiger partial charge in [-0.05, 0) is 24.0 Å². The fourth-order valence-corrected chi connectivity index (χ4v) is 2.14. The van der Waals surface area contributed by atoms with Crippen LogP contribution in [0.25, 0.3) is 0 Å². The van der Waals surface area contributed by atoms with Crippen LogP contribution in [-0.4, -0.2) is 19.8 Å². The molecule has 0 radical (unpaired) electrons. The molecular formula is C11H12N4O4S. The van der Waals surface area contributed by atoms with Crippen LogP contribution in [0.4, 0.5) is 0 Å². The average molecular weight is 296 g/mol. The number of aromatic nitrogens is 2. The van der Waals surface area contributed by atoms with E-state index in [1.165, 1.54) is 19.1 Å². The summed E-state index contributed by atoms with van der Waals surface area (Å²) in [5.41, 5.74) is 1.28. The van der Waals surface area contributed by atoms with Crippen LogP contribution in [0.3, 0.4) is 0 Å². The number of aryl methyl sites for hydroxylation is 1. The van der Waals surface area contributed by atoms with Gasteiger partial charge in [-0.2, -0.15) is 18.4 Å². The molecule has 0 amide bonds. The maximum absolute atomic E-state index is 11.9. The Hall–Kier alpha value is -2.42. The minimum absolute atomic E-state index is 0.0935. The summed E-state index contributed by atoms with van der Waals surface area (Å²) in [5, 5.41) is 17.9. The van der Waals surface area contributed by atoms with Gasteiger partial charge in [0, 0.05) is 12.1 Å². The first kappa shape index (κ1) is 14.0. The Labute approximate surface area is 115 Å². The standard InChI is InChI=1S/C11H12N4O4S/c1-8-3-5-10(6-4-8)20(17,18)14-12-7-11-9(2)15(16)19-13-11/h3-7,14H,1-2H3/b12-7+. The second-order valence-corrected chi connectivity index (χ2v) is 5.73. The third-order valence-corrected chi connectivity index (χ3v) is 3.79. The fourth-order valence-electron chi connectivity index (χ4n) is 1.35. The van der Waals surface area contributed by atoms with E-state index in [9.17, 15) is 13.6 Å². The van der Waals surface area contributed by atoms with Crippen molar-refractivity contribution in [2.75, 3.05) is 0 Å². The Balaban J connectivity index is 2.13. The minimum Gasteiger partial charge on any atom is -0.359 e. The molecule has 1 heterocycles. The number of nitrogens with zero attached hydrogens (tertiary/aromatic N) is 3. The number of hydrogen-bond acceptors (Lipinski definition) is 6. The summed E-state index contributed by atoms with van der Waals surface area (Å²) < 4.78 is 28.1. The molecule has 2 aromatic rings. The van der Waals surface area contributed by atoms with Gasteiger partial charge in [0.2, 0.25) is 5.69 Å². The molecule has 0 aliphatic rings. The number of nitrogens with one attached hydrogen (secondary N) is 1. The Morgan fingerprint density at radius 2 is 2.00 bits per heavy atom. The average Bonchev–Trinajstić information content (AvgIpc) is 2.71. The van der Waals surface area contributed by atoms with E-state index in [-0.39, 0.29) is 21.2 Å². The zero-order chi connectivity index (χ0) is 14.8. The number of benzene rings is 1. The SMILES string of the molecule is Cc1ccc(S(=O)(=O)N/N=C/c2no[n+]([O-])c2C)cc1. The molecule has 0 atom stereocenters. The van der Waals surface area contributed by atoms with E-state index < -0.39 is 10.0 Å². The quantitative estimate of drug-likeness (QED) is 0.493. The van der Waals surface area contributed by atoms with Gasteiger partial charge in [0.05, 0.1) is 4.90 Å². The number of hydrogen-bond donors (Lipinski definition) is 1. The second-order valence-electron chi connectivity index (χ2n) is 4.07. The second kappa shape index (κ2) is 5.29. The summed E-state index contributed by atoms with van der Waals surface area (Å²) in [6, 6.07) is 6.31. The molecule has 8 nitrogen and oxygen atoms in total. The highest BCUT2D eigenvalue weighted by Crippen LogP contribution is 2.09. The summed E-state index contributed by atoms with van der Waals surface area (Å²) in [6.45, 7) is 3.33. The first-order chi connectivity index (χ1) is 9.40. The van der Waals surface area contributed by atoms with Crippen LogP contribution in [0, 0.1) is 19.1 Å². The van der Waals surface area contributed by atoms with Crippen LogP contribution in [0.2, 0.25) is 0 Å². The van der Waals surface area contributed by atoms with Crippen LogP contribution in [0.1, 0.15) is 17.0 Å².